The minimum Gasteiger partial charge on any atom is -0.356 e. The predicted molar refractivity (Wildman–Crippen MR) is 21.5 cm³/mol. The topological polar surface area (TPSA) is 66.2 Å². The molecule has 6 heavy (non-hydrogen) atoms. The average Bonchev–Trinajstić information content (AvgIpc) is 0.811. The fourth-order valence-corrected chi connectivity index (χ4v) is 0. The minimum atomic E-state index is -1.75. The molecule has 0 radical (unpaired) electrons. The number of rotatable bonds is 0. The maximum atomic E-state index is 8.25. The van der Waals surface area contributed by atoms with Crippen molar-refractivity contribution in [1.29, 1.82) is 0 Å². The van der Waals surface area contributed by atoms with Gasteiger partial charge in [0.2, 0.25) is 0 Å². The van der Waals surface area contributed by atoms with Crippen molar-refractivity contribution in [1.82, 2.24) is 0 Å². The summed E-state index contributed by atoms with van der Waals surface area (Å²) >= 11 is 0. The summed E-state index contributed by atoms with van der Waals surface area (Å²) in [5.74, 6) is 0. The zero-order valence-electron chi connectivity index (χ0n) is 2.68. The van der Waals surface area contributed by atoms with Gasteiger partial charge in [0, 0.05) is 0 Å². The van der Waals surface area contributed by atoms with Crippen LogP contribution in [0, 0.1) is 15.3 Å². The summed E-state index contributed by atoms with van der Waals surface area (Å²) in [6.45, 7) is 0. The number of nitrogens with zero attached hydrogens (tertiary/aromatic N) is 1. The first-order chi connectivity index (χ1) is 1.73. The van der Waals surface area contributed by atoms with E-state index in [1.54, 1.807) is 0 Å². The summed E-state index contributed by atoms with van der Waals surface area (Å²) in [7, 11) is 0. The van der Waals surface area contributed by atoms with Gasteiger partial charge in [-0.05, 0) is 0 Å². The molecule has 6 heteroatoms. The Kier molecular flexibility index (Phi) is 24.3. The Labute approximate surface area is 53.2 Å². The average molecular weight is 204 g/mol. The maximum absolute atomic E-state index is 8.25. The molecule has 0 aliphatic rings. The summed E-state index contributed by atoms with van der Waals surface area (Å²) in [4.78, 5) is 8.25. The van der Waals surface area contributed by atoms with E-state index in [0.29, 0.717) is 0 Å². The smallest absolute Gasteiger partial charge is 0.356 e. The van der Waals surface area contributed by atoms with Gasteiger partial charge in [-0.3, -0.25) is 0 Å². The molecule has 0 aliphatic carbocycles. The molecule has 0 heterocycles. The molecule has 0 N–H and O–H groups in total. The quantitative estimate of drug-likeness (QED) is 0.238. The maximum Gasteiger partial charge on any atom is 1.00 e. The minimum absolute atomic E-state index is 0. The van der Waals surface area contributed by atoms with Crippen molar-refractivity contribution < 1.29 is 27.5 Å². The van der Waals surface area contributed by atoms with Gasteiger partial charge in [0.25, 0.3) is 0 Å². The Bertz CT molecular complexity index is 33.8. The van der Waals surface area contributed by atoms with Crippen LogP contribution in [0.3, 0.4) is 0 Å². The van der Waals surface area contributed by atoms with Crippen molar-refractivity contribution in [3.8, 4) is 0 Å². The molecular formula is H3AgNO3P. The van der Waals surface area contributed by atoms with Crippen LogP contribution in [0.15, 0.2) is 0 Å². The van der Waals surface area contributed by atoms with Gasteiger partial charge in [-0.15, -0.1) is 0 Å². The van der Waals surface area contributed by atoms with E-state index in [9.17, 15) is 0 Å². The Morgan fingerprint density at radius 3 is 1.33 bits per heavy atom. The Morgan fingerprint density at radius 1 is 1.33 bits per heavy atom. The van der Waals surface area contributed by atoms with E-state index in [2.05, 4.69) is 0 Å². The van der Waals surface area contributed by atoms with Crippen LogP contribution in [0.2, 0.25) is 0 Å². The van der Waals surface area contributed by atoms with E-state index < -0.39 is 5.09 Å². The van der Waals surface area contributed by atoms with E-state index in [4.69, 9.17) is 15.3 Å². The van der Waals surface area contributed by atoms with Crippen LogP contribution in [0.1, 0.15) is 0 Å². The van der Waals surface area contributed by atoms with E-state index in [-0.39, 0.29) is 32.3 Å². The van der Waals surface area contributed by atoms with Crippen LogP contribution in [-0.2, 0) is 22.4 Å². The second-order valence-corrected chi connectivity index (χ2v) is 0.224. The molecule has 0 aromatic heterocycles. The molecule has 1 atom stereocenters. The van der Waals surface area contributed by atoms with Crippen molar-refractivity contribution in [2.24, 2.45) is 0 Å². The first kappa shape index (κ1) is 16.2. The van der Waals surface area contributed by atoms with E-state index >= 15 is 0 Å². The summed E-state index contributed by atoms with van der Waals surface area (Å²) in [6, 6.07) is 0. The molecule has 4 nitrogen and oxygen atoms in total. The van der Waals surface area contributed by atoms with Crippen molar-refractivity contribution in [2.45, 2.75) is 0 Å². The largest absolute Gasteiger partial charge is 1.00 e. The van der Waals surface area contributed by atoms with Gasteiger partial charge in [-0.2, -0.15) is 9.90 Å². The molecule has 0 aliphatic heterocycles. The zero-order valence-corrected chi connectivity index (χ0v) is 5.58. The van der Waals surface area contributed by atoms with Gasteiger partial charge >= 0.3 is 22.4 Å². The number of hydrogen-bond acceptors (Lipinski definition) is 3. The first-order valence-electron chi connectivity index (χ1n) is 0.548. The van der Waals surface area contributed by atoms with Gasteiger partial charge < -0.3 is 15.3 Å². The number of hydrogen-bond donors (Lipinski definition) is 0. The monoisotopic (exact) mass is 203 g/mol. The zero-order chi connectivity index (χ0) is 3.58. The van der Waals surface area contributed by atoms with Crippen molar-refractivity contribution >= 4 is 9.90 Å². The molecule has 42 valence electrons. The summed E-state index contributed by atoms with van der Waals surface area (Å²) in [5, 5.41) is 14.8. The molecule has 0 saturated carbocycles. The standard InChI is InChI=1S/Ag.NO3.H3P/c;2-1(3)4;/h;;1H3/q+1;-1;. The van der Waals surface area contributed by atoms with Crippen LogP contribution >= 0.6 is 9.90 Å². The van der Waals surface area contributed by atoms with Crippen LogP contribution in [0.5, 0.6) is 0 Å². The third-order valence-corrected chi connectivity index (χ3v) is 0. The normalized spacial score (nSPS) is 4.00. The third-order valence-electron chi connectivity index (χ3n) is 0. The van der Waals surface area contributed by atoms with Crippen LogP contribution < -0.4 is 0 Å². The van der Waals surface area contributed by atoms with Gasteiger partial charge in [0.1, 0.15) is 0 Å². The van der Waals surface area contributed by atoms with Crippen LogP contribution in [0.25, 0.3) is 0 Å². The Balaban J connectivity index is -0.0000000450. The predicted octanol–water partition coefficient (Wildman–Crippen LogP) is -0.184. The summed E-state index contributed by atoms with van der Waals surface area (Å²) in [6.07, 6.45) is 0. The van der Waals surface area contributed by atoms with Gasteiger partial charge in [-0.25, -0.2) is 0 Å². The van der Waals surface area contributed by atoms with Gasteiger partial charge in [0.15, 0.2) is 0 Å². The molecule has 1 unspecified atom stereocenters. The van der Waals surface area contributed by atoms with Gasteiger partial charge in [0.05, 0.1) is 5.09 Å². The fraction of sp³-hybridized carbons (Fsp3) is 0. The molecule has 0 amide bonds. The Hall–Kier alpha value is 0.370. The molecular weight excluding hydrogens is 201 g/mol. The second-order valence-electron chi connectivity index (χ2n) is 0.224. The molecule has 0 aromatic rings. The molecule has 0 saturated heterocycles. The van der Waals surface area contributed by atoms with E-state index in [0.717, 1.165) is 0 Å². The fourth-order valence-electron chi connectivity index (χ4n) is 0. The first-order valence-corrected chi connectivity index (χ1v) is 0.548. The molecule has 0 fully saturated rings. The van der Waals surface area contributed by atoms with E-state index in [1.165, 1.54) is 0 Å². The molecule has 0 rings (SSSR count). The van der Waals surface area contributed by atoms with Crippen molar-refractivity contribution in [3.63, 3.8) is 0 Å². The van der Waals surface area contributed by atoms with Crippen LogP contribution in [-0.4, -0.2) is 5.09 Å². The SMILES string of the molecule is O=[N+]([O-])[O-].P.[Ag+]. The third kappa shape index (κ3) is 362. The molecule has 0 spiro atoms. The molecule has 0 aromatic carbocycles. The van der Waals surface area contributed by atoms with Gasteiger partial charge in [-0.1, -0.05) is 0 Å². The Morgan fingerprint density at radius 2 is 1.33 bits per heavy atom. The second kappa shape index (κ2) is 9.03. The molecule has 0 bridgehead atoms. The van der Waals surface area contributed by atoms with E-state index in [1.807, 2.05) is 0 Å². The summed E-state index contributed by atoms with van der Waals surface area (Å²) < 4.78 is 0. The van der Waals surface area contributed by atoms with Crippen LogP contribution in [0.4, 0.5) is 0 Å². The van der Waals surface area contributed by atoms with Crippen molar-refractivity contribution in [3.05, 3.63) is 15.3 Å². The summed E-state index contributed by atoms with van der Waals surface area (Å²) in [5.41, 5.74) is 0. The van der Waals surface area contributed by atoms with Crippen molar-refractivity contribution in [2.75, 3.05) is 0 Å².